The summed E-state index contributed by atoms with van der Waals surface area (Å²) in [7, 11) is 0. The number of esters is 2. The molecule has 0 amide bonds. The molecule has 0 aliphatic heterocycles. The van der Waals surface area contributed by atoms with Crippen LogP contribution in [-0.4, -0.2) is 29.4 Å². The van der Waals surface area contributed by atoms with E-state index in [-0.39, 0.29) is 34.7 Å². The number of aryl methyl sites for hydroxylation is 1. The quantitative estimate of drug-likeness (QED) is 0.399. The monoisotopic (exact) mass is 518 g/mol. The first-order valence-corrected chi connectivity index (χ1v) is 14.4. The van der Waals surface area contributed by atoms with E-state index in [1.165, 1.54) is 18.1 Å². The van der Waals surface area contributed by atoms with Crippen molar-refractivity contribution in [2.75, 3.05) is 0 Å². The van der Waals surface area contributed by atoms with Crippen molar-refractivity contribution in [3.05, 3.63) is 59.2 Å². The lowest BCUT2D eigenvalue weighted by molar-refractivity contribution is -0.185. The minimum atomic E-state index is -1.02. The Bertz CT molecular complexity index is 1180. The van der Waals surface area contributed by atoms with E-state index in [2.05, 4.69) is 32.9 Å². The number of fused-ring (bicyclic) bond motifs is 5. The second-order valence-corrected chi connectivity index (χ2v) is 12.7. The minimum absolute atomic E-state index is 0.0146. The topological polar surface area (TPSA) is 69.7 Å². The fraction of sp³-hybridized carbons (Fsp3) is 0.606. The first kappa shape index (κ1) is 26.9. The number of ketones is 1. The molecule has 0 N–H and O–H groups in total. The lowest BCUT2D eigenvalue weighted by atomic mass is 9.47. The molecule has 2 saturated carbocycles. The zero-order valence-corrected chi connectivity index (χ0v) is 23.5. The third kappa shape index (κ3) is 4.26. The normalized spacial score (nSPS) is 37.6. The molecule has 0 bridgehead atoms. The van der Waals surface area contributed by atoms with E-state index in [1.54, 1.807) is 6.92 Å². The summed E-state index contributed by atoms with van der Waals surface area (Å²) in [5, 5.41) is 0. The summed E-state index contributed by atoms with van der Waals surface area (Å²) in [6.45, 7) is 9.78. The zero-order valence-electron chi connectivity index (χ0n) is 23.5. The number of benzene rings is 1. The van der Waals surface area contributed by atoms with Gasteiger partial charge in [-0.15, -0.1) is 0 Å². The molecule has 0 aromatic heterocycles. The Labute approximate surface area is 227 Å². The van der Waals surface area contributed by atoms with Crippen LogP contribution < -0.4 is 0 Å². The summed E-state index contributed by atoms with van der Waals surface area (Å²) in [5.74, 6) is 0.580. The Hall–Kier alpha value is -2.69. The minimum Gasteiger partial charge on any atom is -0.458 e. The number of hydrogen-bond donors (Lipinski definition) is 0. The molecule has 0 radical (unpaired) electrons. The van der Waals surface area contributed by atoms with Crippen LogP contribution in [0.1, 0.15) is 85.1 Å². The van der Waals surface area contributed by atoms with Crippen molar-refractivity contribution in [3.63, 3.8) is 0 Å². The highest BCUT2D eigenvalue weighted by Gasteiger charge is 2.67. The average molecular weight is 519 g/mol. The average Bonchev–Trinajstić information content (AvgIpc) is 3.17. The molecule has 1 aromatic rings. The Morgan fingerprint density at radius 2 is 1.63 bits per heavy atom. The number of hydrogen-bond acceptors (Lipinski definition) is 5. The van der Waals surface area contributed by atoms with Crippen molar-refractivity contribution in [2.24, 2.45) is 28.6 Å². The van der Waals surface area contributed by atoms with Gasteiger partial charge in [-0.2, -0.15) is 0 Å². The van der Waals surface area contributed by atoms with Gasteiger partial charge in [-0.1, -0.05) is 55.8 Å². The number of ether oxygens (including phenoxy) is 2. The lowest BCUT2D eigenvalue weighted by Crippen LogP contribution is -2.58. The number of Topliss-reactive ketones (excluding diaryl/α,β-unsaturated/α-hetero) is 1. The van der Waals surface area contributed by atoms with E-state index in [1.807, 2.05) is 30.3 Å². The Morgan fingerprint density at radius 3 is 2.32 bits per heavy atom. The van der Waals surface area contributed by atoms with Crippen molar-refractivity contribution in [1.29, 1.82) is 0 Å². The van der Waals surface area contributed by atoms with Crippen LogP contribution in [0.4, 0.5) is 0 Å². The molecular weight excluding hydrogens is 476 g/mol. The molecule has 38 heavy (non-hydrogen) atoms. The van der Waals surface area contributed by atoms with Crippen LogP contribution in [0, 0.1) is 28.6 Å². The molecule has 7 atom stereocenters. The van der Waals surface area contributed by atoms with Gasteiger partial charge in [0, 0.05) is 18.8 Å². The van der Waals surface area contributed by atoms with Crippen LogP contribution >= 0.6 is 0 Å². The van der Waals surface area contributed by atoms with Crippen molar-refractivity contribution >= 4 is 17.7 Å². The molecule has 0 spiro atoms. The fourth-order valence-electron chi connectivity index (χ4n) is 8.83. The SMILES string of the molecule is CC(=O)O[C@]1(C(C)=O)CCC2C3C=C(C)C4=CC(OC(=O)CCc5ccccc5)CC[C@]4(C)C3CC[C@@]21C. The summed E-state index contributed by atoms with van der Waals surface area (Å²) in [6, 6.07) is 10.1. The smallest absolute Gasteiger partial charge is 0.306 e. The van der Waals surface area contributed by atoms with Gasteiger partial charge < -0.3 is 9.47 Å². The summed E-state index contributed by atoms with van der Waals surface area (Å²) in [5.41, 5.74) is 2.38. The predicted molar refractivity (Wildman–Crippen MR) is 146 cm³/mol. The van der Waals surface area contributed by atoms with Crippen molar-refractivity contribution in [3.8, 4) is 0 Å². The van der Waals surface area contributed by atoms with E-state index in [4.69, 9.17) is 9.47 Å². The number of allylic oxidation sites excluding steroid dienone is 3. The van der Waals surface area contributed by atoms with Gasteiger partial charge in [-0.25, -0.2) is 0 Å². The summed E-state index contributed by atoms with van der Waals surface area (Å²) < 4.78 is 11.8. The Balaban J connectivity index is 1.36. The Kier molecular flexibility index (Phi) is 6.94. The maximum atomic E-state index is 13.0. The second kappa shape index (κ2) is 9.81. The standard InChI is InChI=1S/C33H42O5/c1-21-19-26-27(14-17-32(5)28(26)15-18-33(32,22(2)34)38-23(3)35)31(4)16-13-25(20-29(21)31)37-30(36)12-11-24-9-7-6-8-10-24/h6-10,19-20,25-28H,11-18H2,1-5H3/t25?,26?,27?,28?,31-,32+,33+/m1/s1. The molecule has 0 heterocycles. The van der Waals surface area contributed by atoms with Crippen LogP contribution in [0.2, 0.25) is 0 Å². The van der Waals surface area contributed by atoms with Gasteiger partial charge in [0.2, 0.25) is 0 Å². The molecule has 4 unspecified atom stereocenters. The van der Waals surface area contributed by atoms with Crippen LogP contribution in [0.25, 0.3) is 0 Å². The zero-order chi connectivity index (χ0) is 27.3. The predicted octanol–water partition coefficient (Wildman–Crippen LogP) is 6.55. The molecule has 4 aliphatic carbocycles. The highest BCUT2D eigenvalue weighted by Crippen LogP contribution is 2.68. The molecule has 204 valence electrons. The summed E-state index contributed by atoms with van der Waals surface area (Å²) in [4.78, 5) is 37.7. The third-order valence-electron chi connectivity index (χ3n) is 10.7. The molecule has 0 saturated heterocycles. The number of carbonyl (C=O) groups is 3. The van der Waals surface area contributed by atoms with Gasteiger partial charge in [0.25, 0.3) is 0 Å². The highest BCUT2D eigenvalue weighted by atomic mass is 16.6. The fourth-order valence-corrected chi connectivity index (χ4v) is 8.83. The number of carbonyl (C=O) groups excluding carboxylic acids is 3. The van der Waals surface area contributed by atoms with Gasteiger partial charge in [0.15, 0.2) is 11.4 Å². The van der Waals surface area contributed by atoms with Crippen LogP contribution in [0.15, 0.2) is 53.6 Å². The third-order valence-corrected chi connectivity index (χ3v) is 10.7. The van der Waals surface area contributed by atoms with Gasteiger partial charge >= 0.3 is 11.9 Å². The highest BCUT2D eigenvalue weighted by molar-refractivity contribution is 5.89. The lowest BCUT2D eigenvalue weighted by Gasteiger charge is -2.58. The van der Waals surface area contributed by atoms with E-state index in [0.717, 1.165) is 37.7 Å². The maximum absolute atomic E-state index is 13.0. The Morgan fingerprint density at radius 1 is 0.921 bits per heavy atom. The van der Waals surface area contributed by atoms with Gasteiger partial charge in [-0.3, -0.25) is 14.4 Å². The van der Waals surface area contributed by atoms with Gasteiger partial charge in [0.05, 0.1) is 0 Å². The van der Waals surface area contributed by atoms with E-state index < -0.39 is 5.60 Å². The first-order chi connectivity index (χ1) is 18.0. The second-order valence-electron chi connectivity index (χ2n) is 12.7. The molecule has 5 rings (SSSR count). The van der Waals surface area contributed by atoms with Crippen molar-refractivity contribution in [1.82, 2.24) is 0 Å². The van der Waals surface area contributed by atoms with E-state index in [0.29, 0.717) is 37.0 Å². The van der Waals surface area contributed by atoms with Gasteiger partial charge in [0.1, 0.15) is 6.10 Å². The molecule has 2 fully saturated rings. The molecule has 4 aliphatic rings. The summed E-state index contributed by atoms with van der Waals surface area (Å²) >= 11 is 0. The van der Waals surface area contributed by atoms with Crippen LogP contribution in [0.3, 0.4) is 0 Å². The largest absolute Gasteiger partial charge is 0.458 e. The first-order valence-electron chi connectivity index (χ1n) is 14.4. The maximum Gasteiger partial charge on any atom is 0.306 e. The van der Waals surface area contributed by atoms with Crippen LogP contribution in [-0.2, 0) is 30.3 Å². The molecular formula is C33H42O5. The van der Waals surface area contributed by atoms with Crippen LogP contribution in [0.5, 0.6) is 0 Å². The molecule has 1 aromatic carbocycles. The van der Waals surface area contributed by atoms with Crippen molar-refractivity contribution in [2.45, 2.75) is 97.7 Å². The van der Waals surface area contributed by atoms with Gasteiger partial charge in [-0.05, 0) is 99.2 Å². The molecule has 5 nitrogen and oxygen atoms in total. The number of rotatable bonds is 6. The van der Waals surface area contributed by atoms with E-state index >= 15 is 0 Å². The van der Waals surface area contributed by atoms with E-state index in [9.17, 15) is 14.4 Å². The van der Waals surface area contributed by atoms with Crippen molar-refractivity contribution < 1.29 is 23.9 Å². The summed E-state index contributed by atoms with van der Waals surface area (Å²) in [6.07, 6.45) is 10.7. The molecule has 5 heteroatoms.